The third-order valence-corrected chi connectivity index (χ3v) is 3.20. The predicted octanol–water partition coefficient (Wildman–Crippen LogP) is 3.72. The summed E-state index contributed by atoms with van der Waals surface area (Å²) in [4.78, 5) is 3.31. The lowest BCUT2D eigenvalue weighted by atomic mass is 10.1. The molecule has 1 heterocycles. The van der Waals surface area contributed by atoms with Gasteiger partial charge in [0.15, 0.2) is 0 Å². The first-order chi connectivity index (χ1) is 9.33. The van der Waals surface area contributed by atoms with Gasteiger partial charge in [-0.1, -0.05) is 18.2 Å². The van der Waals surface area contributed by atoms with Crippen molar-refractivity contribution in [2.24, 2.45) is 0 Å². The summed E-state index contributed by atoms with van der Waals surface area (Å²) in [7, 11) is 1.64. The Labute approximate surface area is 111 Å². The molecule has 0 saturated heterocycles. The van der Waals surface area contributed by atoms with Crippen molar-refractivity contribution in [3.63, 3.8) is 0 Å². The molecule has 1 N–H and O–H groups in total. The third kappa shape index (κ3) is 1.84. The molecular formula is C16H12N2O. The van der Waals surface area contributed by atoms with Gasteiger partial charge in [0.2, 0.25) is 0 Å². The van der Waals surface area contributed by atoms with E-state index in [0.29, 0.717) is 5.56 Å². The number of benzene rings is 2. The Bertz CT molecular complexity index is 764. The van der Waals surface area contributed by atoms with Crippen LogP contribution in [-0.4, -0.2) is 12.1 Å². The molecule has 0 amide bonds. The van der Waals surface area contributed by atoms with Crippen molar-refractivity contribution in [3.8, 4) is 23.1 Å². The first-order valence-corrected chi connectivity index (χ1v) is 5.98. The zero-order chi connectivity index (χ0) is 13.2. The normalized spacial score (nSPS) is 10.3. The number of nitrogens with zero attached hydrogens (tertiary/aromatic N) is 1. The summed E-state index contributed by atoms with van der Waals surface area (Å²) < 4.78 is 5.15. The number of hydrogen-bond donors (Lipinski definition) is 1. The Balaban J connectivity index is 2.21. The van der Waals surface area contributed by atoms with Crippen molar-refractivity contribution in [1.82, 2.24) is 4.98 Å². The lowest BCUT2D eigenvalue weighted by molar-refractivity contribution is 0.415. The number of aromatic amines is 1. The van der Waals surface area contributed by atoms with Crippen LogP contribution in [0.4, 0.5) is 0 Å². The van der Waals surface area contributed by atoms with Crippen LogP contribution in [0.15, 0.2) is 48.5 Å². The summed E-state index contributed by atoms with van der Waals surface area (Å²) in [5, 5.41) is 10.3. The van der Waals surface area contributed by atoms with Crippen LogP contribution in [0.5, 0.6) is 5.75 Å². The molecule has 19 heavy (non-hydrogen) atoms. The molecule has 3 nitrogen and oxygen atoms in total. The highest BCUT2D eigenvalue weighted by molar-refractivity contribution is 5.93. The minimum absolute atomic E-state index is 0.681. The Morgan fingerprint density at radius 2 is 1.79 bits per heavy atom. The van der Waals surface area contributed by atoms with E-state index in [9.17, 15) is 5.26 Å². The van der Waals surface area contributed by atoms with E-state index in [4.69, 9.17) is 4.74 Å². The molecular weight excluding hydrogens is 236 g/mol. The number of rotatable bonds is 2. The topological polar surface area (TPSA) is 48.8 Å². The molecule has 0 saturated carbocycles. The second-order valence-corrected chi connectivity index (χ2v) is 4.26. The highest BCUT2D eigenvalue weighted by Crippen LogP contribution is 2.30. The van der Waals surface area contributed by atoms with E-state index in [2.05, 4.69) is 11.1 Å². The second kappa shape index (κ2) is 4.51. The van der Waals surface area contributed by atoms with Gasteiger partial charge in [-0.2, -0.15) is 5.26 Å². The Kier molecular flexibility index (Phi) is 2.70. The maximum Gasteiger partial charge on any atom is 0.118 e. The number of methoxy groups -OCH3 is 1. The Morgan fingerprint density at radius 1 is 1.05 bits per heavy atom. The van der Waals surface area contributed by atoms with Crippen molar-refractivity contribution in [2.75, 3.05) is 7.11 Å². The number of fused-ring (bicyclic) bond motifs is 1. The largest absolute Gasteiger partial charge is 0.497 e. The summed E-state index contributed by atoms with van der Waals surface area (Å²) >= 11 is 0. The van der Waals surface area contributed by atoms with Crippen LogP contribution >= 0.6 is 0 Å². The van der Waals surface area contributed by atoms with Crippen molar-refractivity contribution < 1.29 is 4.74 Å². The predicted molar refractivity (Wildman–Crippen MR) is 75.0 cm³/mol. The fourth-order valence-electron chi connectivity index (χ4n) is 2.23. The maximum absolute atomic E-state index is 9.37. The zero-order valence-corrected chi connectivity index (χ0v) is 10.5. The summed E-state index contributed by atoms with van der Waals surface area (Å²) in [6, 6.07) is 17.8. The molecule has 92 valence electrons. The van der Waals surface area contributed by atoms with E-state index in [1.165, 1.54) is 0 Å². The monoisotopic (exact) mass is 248 g/mol. The lowest BCUT2D eigenvalue weighted by Gasteiger charge is -2.02. The molecule has 0 aliphatic carbocycles. The molecule has 0 fully saturated rings. The molecule has 0 aliphatic heterocycles. The van der Waals surface area contributed by atoms with E-state index >= 15 is 0 Å². The van der Waals surface area contributed by atoms with Crippen LogP contribution in [0.3, 0.4) is 0 Å². The van der Waals surface area contributed by atoms with Gasteiger partial charge in [0.25, 0.3) is 0 Å². The van der Waals surface area contributed by atoms with E-state index in [1.807, 2.05) is 48.5 Å². The van der Waals surface area contributed by atoms with Crippen LogP contribution in [0.25, 0.3) is 22.2 Å². The molecule has 2 aromatic carbocycles. The van der Waals surface area contributed by atoms with E-state index in [1.54, 1.807) is 7.11 Å². The Hall–Kier alpha value is -2.73. The van der Waals surface area contributed by atoms with Crippen LogP contribution in [0.2, 0.25) is 0 Å². The highest BCUT2D eigenvalue weighted by atomic mass is 16.5. The van der Waals surface area contributed by atoms with Gasteiger partial charge in [-0.3, -0.25) is 0 Å². The van der Waals surface area contributed by atoms with E-state index < -0.39 is 0 Å². The van der Waals surface area contributed by atoms with Crippen molar-refractivity contribution in [3.05, 3.63) is 54.1 Å². The molecule has 0 bridgehead atoms. The number of ether oxygens (including phenoxy) is 1. The van der Waals surface area contributed by atoms with Gasteiger partial charge in [0, 0.05) is 10.9 Å². The molecule has 0 spiro atoms. The van der Waals surface area contributed by atoms with Crippen molar-refractivity contribution >= 4 is 10.9 Å². The molecule has 1 aromatic heterocycles. The van der Waals surface area contributed by atoms with Gasteiger partial charge >= 0.3 is 0 Å². The maximum atomic E-state index is 9.37. The van der Waals surface area contributed by atoms with Crippen LogP contribution in [0.1, 0.15) is 5.56 Å². The van der Waals surface area contributed by atoms with E-state index in [0.717, 1.165) is 27.9 Å². The SMILES string of the molecule is COc1ccc(-c2[nH]c3ccccc3c2C#N)cc1. The summed E-state index contributed by atoms with van der Waals surface area (Å²) in [6.07, 6.45) is 0. The van der Waals surface area contributed by atoms with Crippen molar-refractivity contribution in [1.29, 1.82) is 5.26 Å². The van der Waals surface area contributed by atoms with Gasteiger partial charge in [-0.15, -0.1) is 0 Å². The minimum atomic E-state index is 0.681. The second-order valence-electron chi connectivity index (χ2n) is 4.26. The Morgan fingerprint density at radius 3 is 2.47 bits per heavy atom. The molecule has 0 aliphatic rings. The first-order valence-electron chi connectivity index (χ1n) is 5.98. The summed E-state index contributed by atoms with van der Waals surface area (Å²) in [5.41, 5.74) is 3.49. The molecule has 3 heteroatoms. The molecule has 0 radical (unpaired) electrons. The van der Waals surface area contributed by atoms with Crippen molar-refractivity contribution in [2.45, 2.75) is 0 Å². The third-order valence-electron chi connectivity index (χ3n) is 3.20. The number of aromatic nitrogens is 1. The summed E-state index contributed by atoms with van der Waals surface area (Å²) in [6.45, 7) is 0. The van der Waals surface area contributed by atoms with Gasteiger partial charge < -0.3 is 9.72 Å². The standard InChI is InChI=1S/C16H12N2O/c1-19-12-8-6-11(7-9-12)16-14(10-17)13-4-2-3-5-15(13)18-16/h2-9,18H,1H3. The van der Waals surface area contributed by atoms with Gasteiger partial charge in [0.05, 0.1) is 18.4 Å². The average molecular weight is 248 g/mol. The van der Waals surface area contributed by atoms with Crippen LogP contribution < -0.4 is 4.74 Å². The highest BCUT2D eigenvalue weighted by Gasteiger charge is 2.12. The molecule has 3 aromatic rings. The smallest absolute Gasteiger partial charge is 0.118 e. The van der Waals surface area contributed by atoms with Gasteiger partial charge in [-0.25, -0.2) is 0 Å². The molecule has 0 unspecified atom stereocenters. The number of hydrogen-bond acceptors (Lipinski definition) is 2. The van der Waals surface area contributed by atoms with Crippen LogP contribution in [0, 0.1) is 11.3 Å². The average Bonchev–Trinajstić information content (AvgIpc) is 2.85. The minimum Gasteiger partial charge on any atom is -0.497 e. The molecule has 3 rings (SSSR count). The lowest BCUT2D eigenvalue weighted by Crippen LogP contribution is -1.84. The summed E-state index contributed by atoms with van der Waals surface area (Å²) in [5.74, 6) is 0.804. The number of nitriles is 1. The fourth-order valence-corrected chi connectivity index (χ4v) is 2.23. The quantitative estimate of drug-likeness (QED) is 0.751. The van der Waals surface area contributed by atoms with Crippen LogP contribution in [-0.2, 0) is 0 Å². The number of H-pyrrole nitrogens is 1. The fraction of sp³-hybridized carbons (Fsp3) is 0.0625. The zero-order valence-electron chi connectivity index (χ0n) is 10.5. The van der Waals surface area contributed by atoms with Gasteiger partial charge in [-0.05, 0) is 35.9 Å². The first kappa shape index (κ1) is 11.4. The molecule has 0 atom stereocenters. The number of para-hydroxylation sites is 1. The van der Waals surface area contributed by atoms with Gasteiger partial charge in [0.1, 0.15) is 11.8 Å². The number of nitrogens with one attached hydrogen (secondary N) is 1. The van der Waals surface area contributed by atoms with E-state index in [-0.39, 0.29) is 0 Å².